The fourth-order valence-electron chi connectivity index (χ4n) is 3.07. The third-order valence-electron chi connectivity index (χ3n) is 4.57. The van der Waals surface area contributed by atoms with Crippen LogP contribution in [-0.2, 0) is 0 Å². The number of nitrogens with two attached hydrogens (primary N) is 1. The van der Waals surface area contributed by atoms with E-state index in [-0.39, 0.29) is 29.0 Å². The molecule has 1 aliphatic rings. The van der Waals surface area contributed by atoms with Crippen LogP contribution in [0.2, 0.25) is 0 Å². The lowest BCUT2D eigenvalue weighted by molar-refractivity contribution is -0.386. The first-order chi connectivity index (χ1) is 9.46. The van der Waals surface area contributed by atoms with E-state index < -0.39 is 10.7 Å². The first-order valence-corrected chi connectivity index (χ1v) is 6.81. The number of ether oxygens (including phenoxy) is 1. The topological polar surface area (TPSA) is 78.4 Å². The van der Waals surface area contributed by atoms with Gasteiger partial charge in [0.15, 0.2) is 5.82 Å². The molecule has 2 N–H and O–H groups in total. The maximum absolute atomic E-state index is 13.8. The highest BCUT2D eigenvalue weighted by Crippen LogP contribution is 2.49. The highest BCUT2D eigenvalue weighted by atomic mass is 19.1. The molecule has 20 heavy (non-hydrogen) atoms. The standard InChI is InChI=1S/C14H19FN2O3/c1-3-14(4-2)11(16)8-12(14)20-13-9(15)6-5-7-10(13)17(18)19/h5-7,11-12H,3-4,8,16H2,1-2H3. The summed E-state index contributed by atoms with van der Waals surface area (Å²) in [5.41, 5.74) is 5.48. The highest BCUT2D eigenvalue weighted by Gasteiger charge is 2.53. The van der Waals surface area contributed by atoms with Crippen molar-refractivity contribution in [3.8, 4) is 5.75 Å². The van der Waals surface area contributed by atoms with E-state index in [1.807, 2.05) is 13.8 Å². The van der Waals surface area contributed by atoms with Crippen LogP contribution < -0.4 is 10.5 Å². The van der Waals surface area contributed by atoms with Gasteiger partial charge in [0, 0.05) is 23.9 Å². The van der Waals surface area contributed by atoms with Crippen LogP contribution in [0.5, 0.6) is 5.75 Å². The van der Waals surface area contributed by atoms with Crippen LogP contribution in [0.15, 0.2) is 18.2 Å². The molecule has 0 saturated heterocycles. The third kappa shape index (κ3) is 2.14. The van der Waals surface area contributed by atoms with Crippen LogP contribution in [0.25, 0.3) is 0 Å². The van der Waals surface area contributed by atoms with E-state index in [2.05, 4.69) is 0 Å². The number of hydrogen-bond acceptors (Lipinski definition) is 4. The number of nitrogens with zero attached hydrogens (tertiary/aromatic N) is 1. The van der Waals surface area contributed by atoms with Crippen LogP contribution in [0.1, 0.15) is 33.1 Å². The van der Waals surface area contributed by atoms with E-state index in [1.165, 1.54) is 18.2 Å². The number of hydrogen-bond donors (Lipinski definition) is 1. The van der Waals surface area contributed by atoms with Gasteiger partial charge in [0.05, 0.1) is 4.92 Å². The second kappa shape index (κ2) is 5.36. The number of halogens is 1. The molecule has 1 aliphatic carbocycles. The fourth-order valence-corrected chi connectivity index (χ4v) is 3.07. The van der Waals surface area contributed by atoms with Gasteiger partial charge >= 0.3 is 5.69 Å². The summed E-state index contributed by atoms with van der Waals surface area (Å²) < 4.78 is 19.5. The van der Waals surface area contributed by atoms with Gasteiger partial charge in [0.25, 0.3) is 0 Å². The highest BCUT2D eigenvalue weighted by molar-refractivity contribution is 5.47. The molecule has 1 fully saturated rings. The number of benzene rings is 1. The van der Waals surface area contributed by atoms with Gasteiger partial charge in [0.2, 0.25) is 5.75 Å². The van der Waals surface area contributed by atoms with Crippen molar-refractivity contribution in [1.82, 2.24) is 0 Å². The Bertz CT molecular complexity index is 517. The first kappa shape index (κ1) is 14.7. The lowest BCUT2D eigenvalue weighted by Gasteiger charge is -2.53. The summed E-state index contributed by atoms with van der Waals surface area (Å²) in [7, 11) is 0. The summed E-state index contributed by atoms with van der Waals surface area (Å²) in [5, 5.41) is 11.0. The summed E-state index contributed by atoms with van der Waals surface area (Å²) in [6.45, 7) is 4.02. The van der Waals surface area contributed by atoms with Crippen molar-refractivity contribution in [2.24, 2.45) is 11.1 Å². The zero-order valence-electron chi connectivity index (χ0n) is 11.6. The van der Waals surface area contributed by atoms with Crippen LogP contribution >= 0.6 is 0 Å². The molecule has 0 amide bonds. The quantitative estimate of drug-likeness (QED) is 0.665. The lowest BCUT2D eigenvalue weighted by atomic mass is 9.59. The Morgan fingerprint density at radius 3 is 2.65 bits per heavy atom. The van der Waals surface area contributed by atoms with Gasteiger partial charge in [-0.25, -0.2) is 4.39 Å². The minimum absolute atomic E-state index is 0.00618. The second-order valence-electron chi connectivity index (χ2n) is 5.23. The van der Waals surface area contributed by atoms with E-state index in [0.717, 1.165) is 12.8 Å². The van der Waals surface area contributed by atoms with Gasteiger partial charge in [-0.3, -0.25) is 10.1 Å². The smallest absolute Gasteiger partial charge is 0.314 e. The molecule has 0 bridgehead atoms. The molecular formula is C14H19FN2O3. The minimum atomic E-state index is -0.708. The molecular weight excluding hydrogens is 263 g/mol. The zero-order chi connectivity index (χ0) is 14.9. The number of rotatable bonds is 5. The van der Waals surface area contributed by atoms with Crippen molar-refractivity contribution in [2.45, 2.75) is 45.3 Å². The minimum Gasteiger partial charge on any atom is -0.481 e. The average molecular weight is 282 g/mol. The SMILES string of the molecule is CCC1(CC)C(N)CC1Oc1c(F)cccc1[N+](=O)[O-]. The molecule has 0 aliphatic heterocycles. The van der Waals surface area contributed by atoms with Crippen molar-refractivity contribution >= 4 is 5.69 Å². The molecule has 1 aromatic rings. The molecule has 1 saturated carbocycles. The third-order valence-corrected chi connectivity index (χ3v) is 4.57. The fraction of sp³-hybridized carbons (Fsp3) is 0.571. The summed E-state index contributed by atoms with van der Waals surface area (Å²) in [6, 6.07) is 3.71. The Morgan fingerprint density at radius 1 is 1.50 bits per heavy atom. The van der Waals surface area contributed by atoms with E-state index >= 15 is 0 Å². The summed E-state index contributed by atoms with van der Waals surface area (Å²) >= 11 is 0. The second-order valence-corrected chi connectivity index (χ2v) is 5.23. The Labute approximate surface area is 117 Å². The predicted molar refractivity (Wildman–Crippen MR) is 73.1 cm³/mol. The molecule has 2 atom stereocenters. The van der Waals surface area contributed by atoms with Gasteiger partial charge in [-0.2, -0.15) is 0 Å². The van der Waals surface area contributed by atoms with E-state index in [0.29, 0.717) is 6.42 Å². The molecule has 5 nitrogen and oxygen atoms in total. The van der Waals surface area contributed by atoms with Crippen molar-refractivity contribution in [1.29, 1.82) is 0 Å². The van der Waals surface area contributed by atoms with E-state index in [1.54, 1.807) is 0 Å². The van der Waals surface area contributed by atoms with Gasteiger partial charge in [-0.15, -0.1) is 0 Å². The van der Waals surface area contributed by atoms with Crippen LogP contribution in [0.4, 0.5) is 10.1 Å². The van der Waals surface area contributed by atoms with Gasteiger partial charge in [-0.05, 0) is 18.9 Å². The Balaban J connectivity index is 2.30. The predicted octanol–water partition coefficient (Wildman–Crippen LogP) is 3.02. The summed E-state index contributed by atoms with van der Waals surface area (Å²) in [5.74, 6) is -0.985. The maximum Gasteiger partial charge on any atom is 0.314 e. The van der Waals surface area contributed by atoms with Crippen molar-refractivity contribution in [3.05, 3.63) is 34.1 Å². The largest absolute Gasteiger partial charge is 0.481 e. The monoisotopic (exact) mass is 282 g/mol. The molecule has 0 heterocycles. The first-order valence-electron chi connectivity index (χ1n) is 6.81. The summed E-state index contributed by atoms with van der Waals surface area (Å²) in [4.78, 5) is 10.3. The van der Waals surface area contributed by atoms with Crippen LogP contribution in [0, 0.1) is 21.3 Å². The van der Waals surface area contributed by atoms with E-state index in [9.17, 15) is 14.5 Å². The molecule has 2 unspecified atom stereocenters. The van der Waals surface area contributed by atoms with Crippen molar-refractivity contribution in [3.63, 3.8) is 0 Å². The molecule has 2 rings (SSSR count). The maximum atomic E-state index is 13.8. The molecule has 0 spiro atoms. The van der Waals surface area contributed by atoms with Crippen molar-refractivity contribution in [2.75, 3.05) is 0 Å². The molecule has 0 radical (unpaired) electrons. The normalized spacial score (nSPS) is 24.0. The van der Waals surface area contributed by atoms with Gasteiger partial charge in [0.1, 0.15) is 6.10 Å². The van der Waals surface area contributed by atoms with Crippen LogP contribution in [-0.4, -0.2) is 17.1 Å². The summed E-state index contributed by atoms with van der Waals surface area (Å²) in [6.07, 6.45) is 1.92. The Morgan fingerprint density at radius 2 is 2.15 bits per heavy atom. The van der Waals surface area contributed by atoms with E-state index in [4.69, 9.17) is 10.5 Å². The lowest BCUT2D eigenvalue weighted by Crippen LogP contribution is -2.63. The number of para-hydroxylation sites is 1. The number of nitro groups is 1. The molecule has 6 heteroatoms. The Kier molecular flexibility index (Phi) is 3.94. The zero-order valence-corrected chi connectivity index (χ0v) is 11.6. The van der Waals surface area contributed by atoms with Gasteiger partial charge in [-0.1, -0.05) is 19.9 Å². The molecule has 1 aromatic carbocycles. The number of nitro benzene ring substituents is 1. The average Bonchev–Trinajstić information content (AvgIpc) is 2.41. The Hall–Kier alpha value is -1.69. The molecule has 0 aromatic heterocycles. The van der Waals surface area contributed by atoms with Crippen molar-refractivity contribution < 1.29 is 14.1 Å². The molecule has 110 valence electrons. The van der Waals surface area contributed by atoms with Gasteiger partial charge < -0.3 is 10.5 Å². The van der Waals surface area contributed by atoms with Crippen LogP contribution in [0.3, 0.4) is 0 Å².